The Balaban J connectivity index is 2.22. The number of benzene rings is 1. The SMILES string of the molecule is NC1(c2ccc(CF)cc2)CCC1. The zero-order chi connectivity index (χ0) is 9.31. The summed E-state index contributed by atoms with van der Waals surface area (Å²) in [6.45, 7) is -0.391. The Morgan fingerprint density at radius 2 is 1.85 bits per heavy atom. The lowest BCUT2D eigenvalue weighted by Crippen LogP contribution is -2.43. The summed E-state index contributed by atoms with van der Waals surface area (Å²) >= 11 is 0. The fraction of sp³-hybridized carbons (Fsp3) is 0.455. The molecule has 0 bridgehead atoms. The number of hydrogen-bond acceptors (Lipinski definition) is 1. The number of nitrogens with two attached hydrogens (primary N) is 1. The summed E-state index contributed by atoms with van der Waals surface area (Å²) in [4.78, 5) is 0. The van der Waals surface area contributed by atoms with Gasteiger partial charge in [-0.3, -0.25) is 0 Å². The van der Waals surface area contributed by atoms with E-state index in [1.165, 1.54) is 6.42 Å². The molecule has 70 valence electrons. The summed E-state index contributed by atoms with van der Waals surface area (Å²) < 4.78 is 12.2. The van der Waals surface area contributed by atoms with Gasteiger partial charge in [0.15, 0.2) is 0 Å². The van der Waals surface area contributed by atoms with Gasteiger partial charge in [0.1, 0.15) is 6.67 Å². The van der Waals surface area contributed by atoms with Crippen molar-refractivity contribution >= 4 is 0 Å². The van der Waals surface area contributed by atoms with Crippen molar-refractivity contribution in [1.82, 2.24) is 0 Å². The van der Waals surface area contributed by atoms with E-state index in [4.69, 9.17) is 5.73 Å². The second-order valence-corrected chi connectivity index (χ2v) is 3.84. The second kappa shape index (κ2) is 3.11. The van der Waals surface area contributed by atoms with Crippen LogP contribution in [0.3, 0.4) is 0 Å². The highest BCUT2D eigenvalue weighted by molar-refractivity contribution is 5.29. The molecule has 1 nitrogen and oxygen atoms in total. The van der Waals surface area contributed by atoms with Crippen molar-refractivity contribution in [3.05, 3.63) is 35.4 Å². The average molecular weight is 179 g/mol. The topological polar surface area (TPSA) is 26.0 Å². The van der Waals surface area contributed by atoms with Crippen LogP contribution in [0.5, 0.6) is 0 Å². The minimum atomic E-state index is -0.391. The molecule has 1 saturated carbocycles. The molecule has 0 spiro atoms. The first kappa shape index (κ1) is 8.70. The van der Waals surface area contributed by atoms with Crippen LogP contribution in [0.25, 0.3) is 0 Å². The minimum absolute atomic E-state index is 0.116. The maximum Gasteiger partial charge on any atom is 0.115 e. The van der Waals surface area contributed by atoms with Gasteiger partial charge in [-0.05, 0) is 30.4 Å². The molecule has 1 aliphatic carbocycles. The van der Waals surface area contributed by atoms with Gasteiger partial charge >= 0.3 is 0 Å². The molecule has 0 heterocycles. The number of halogens is 1. The predicted molar refractivity (Wildman–Crippen MR) is 51.0 cm³/mol. The summed E-state index contributed by atoms with van der Waals surface area (Å²) in [6.07, 6.45) is 3.32. The highest BCUT2D eigenvalue weighted by atomic mass is 19.1. The van der Waals surface area contributed by atoms with Crippen molar-refractivity contribution in [2.45, 2.75) is 31.5 Å². The lowest BCUT2D eigenvalue weighted by molar-refractivity contribution is 0.253. The van der Waals surface area contributed by atoms with Crippen LogP contribution in [0.4, 0.5) is 4.39 Å². The van der Waals surface area contributed by atoms with E-state index >= 15 is 0 Å². The molecule has 0 saturated heterocycles. The van der Waals surface area contributed by atoms with Crippen molar-refractivity contribution < 1.29 is 4.39 Å². The molecule has 2 rings (SSSR count). The molecule has 1 fully saturated rings. The van der Waals surface area contributed by atoms with Crippen LogP contribution in [-0.2, 0) is 12.2 Å². The second-order valence-electron chi connectivity index (χ2n) is 3.84. The van der Waals surface area contributed by atoms with E-state index in [1.807, 2.05) is 24.3 Å². The van der Waals surface area contributed by atoms with Crippen molar-refractivity contribution in [3.8, 4) is 0 Å². The van der Waals surface area contributed by atoms with Crippen LogP contribution in [0.2, 0.25) is 0 Å². The molecular formula is C11H14FN. The average Bonchev–Trinajstić information content (AvgIpc) is 2.14. The van der Waals surface area contributed by atoms with Crippen molar-refractivity contribution in [2.75, 3.05) is 0 Å². The van der Waals surface area contributed by atoms with E-state index < -0.39 is 6.67 Å². The lowest BCUT2D eigenvalue weighted by Gasteiger charge is -2.38. The van der Waals surface area contributed by atoms with E-state index in [0.29, 0.717) is 0 Å². The Morgan fingerprint density at radius 1 is 1.23 bits per heavy atom. The summed E-state index contributed by atoms with van der Waals surface area (Å²) in [7, 11) is 0. The van der Waals surface area contributed by atoms with E-state index in [2.05, 4.69) is 0 Å². The van der Waals surface area contributed by atoms with E-state index in [-0.39, 0.29) is 5.54 Å². The summed E-state index contributed by atoms with van der Waals surface area (Å²) in [5, 5.41) is 0. The Morgan fingerprint density at radius 3 is 2.23 bits per heavy atom. The van der Waals surface area contributed by atoms with Crippen molar-refractivity contribution in [2.24, 2.45) is 5.73 Å². The van der Waals surface area contributed by atoms with Gasteiger partial charge in [-0.1, -0.05) is 24.3 Å². The van der Waals surface area contributed by atoms with Gasteiger partial charge in [0.25, 0.3) is 0 Å². The third-order valence-corrected chi connectivity index (χ3v) is 2.93. The smallest absolute Gasteiger partial charge is 0.115 e. The van der Waals surface area contributed by atoms with E-state index in [0.717, 1.165) is 24.0 Å². The van der Waals surface area contributed by atoms with Crippen molar-refractivity contribution in [3.63, 3.8) is 0 Å². The zero-order valence-corrected chi connectivity index (χ0v) is 7.59. The predicted octanol–water partition coefficient (Wildman–Crippen LogP) is 2.49. The fourth-order valence-corrected chi connectivity index (χ4v) is 1.77. The van der Waals surface area contributed by atoms with Crippen molar-refractivity contribution in [1.29, 1.82) is 0 Å². The van der Waals surface area contributed by atoms with Crippen LogP contribution in [-0.4, -0.2) is 0 Å². The summed E-state index contributed by atoms with van der Waals surface area (Å²) in [5.41, 5.74) is 7.88. The zero-order valence-electron chi connectivity index (χ0n) is 7.59. The maximum atomic E-state index is 12.2. The Hall–Kier alpha value is -0.890. The van der Waals surface area contributed by atoms with Crippen LogP contribution >= 0.6 is 0 Å². The monoisotopic (exact) mass is 179 g/mol. The largest absolute Gasteiger partial charge is 0.321 e. The first-order valence-corrected chi connectivity index (χ1v) is 4.69. The lowest BCUT2D eigenvalue weighted by atomic mass is 9.73. The molecule has 1 aromatic rings. The molecule has 0 radical (unpaired) electrons. The van der Waals surface area contributed by atoms with Crippen LogP contribution in [0.15, 0.2) is 24.3 Å². The highest BCUT2D eigenvalue weighted by Gasteiger charge is 2.33. The fourth-order valence-electron chi connectivity index (χ4n) is 1.77. The van der Waals surface area contributed by atoms with Gasteiger partial charge in [-0.2, -0.15) is 0 Å². The third kappa shape index (κ3) is 1.46. The molecule has 2 heteroatoms. The molecule has 13 heavy (non-hydrogen) atoms. The van der Waals surface area contributed by atoms with Gasteiger partial charge in [-0.15, -0.1) is 0 Å². The molecule has 0 aromatic heterocycles. The first-order chi connectivity index (χ1) is 6.24. The van der Waals surface area contributed by atoms with Gasteiger partial charge in [0, 0.05) is 5.54 Å². The molecule has 0 aliphatic heterocycles. The molecule has 0 unspecified atom stereocenters. The summed E-state index contributed by atoms with van der Waals surface area (Å²) in [6, 6.07) is 7.55. The third-order valence-electron chi connectivity index (χ3n) is 2.93. The quantitative estimate of drug-likeness (QED) is 0.741. The molecular weight excluding hydrogens is 165 g/mol. The molecule has 0 amide bonds. The number of alkyl halides is 1. The van der Waals surface area contributed by atoms with E-state index in [1.54, 1.807) is 0 Å². The van der Waals surface area contributed by atoms with Gasteiger partial charge in [0.05, 0.1) is 0 Å². The van der Waals surface area contributed by atoms with Crippen LogP contribution in [0.1, 0.15) is 30.4 Å². The minimum Gasteiger partial charge on any atom is -0.321 e. The first-order valence-electron chi connectivity index (χ1n) is 4.69. The number of hydrogen-bond donors (Lipinski definition) is 1. The number of rotatable bonds is 2. The van der Waals surface area contributed by atoms with Crippen LogP contribution < -0.4 is 5.73 Å². The summed E-state index contributed by atoms with van der Waals surface area (Å²) in [5.74, 6) is 0. The van der Waals surface area contributed by atoms with Gasteiger partial charge in [0.2, 0.25) is 0 Å². The van der Waals surface area contributed by atoms with Gasteiger partial charge < -0.3 is 5.73 Å². The van der Waals surface area contributed by atoms with E-state index in [9.17, 15) is 4.39 Å². The highest BCUT2D eigenvalue weighted by Crippen LogP contribution is 2.38. The Bertz CT molecular complexity index is 287. The molecule has 2 N–H and O–H groups in total. The normalized spacial score (nSPS) is 19.5. The Kier molecular flexibility index (Phi) is 2.08. The molecule has 1 aliphatic rings. The molecule has 1 aromatic carbocycles. The van der Waals surface area contributed by atoms with Crippen LogP contribution in [0, 0.1) is 0 Å². The Labute approximate surface area is 77.8 Å². The molecule has 0 atom stereocenters. The van der Waals surface area contributed by atoms with Gasteiger partial charge in [-0.25, -0.2) is 4.39 Å². The standard InChI is InChI=1S/C11H14FN/c12-8-9-2-4-10(5-3-9)11(13)6-1-7-11/h2-5H,1,6-8,13H2. The maximum absolute atomic E-state index is 12.2.